The molecular formula is C14H10BrNO2S3. The highest BCUT2D eigenvalue weighted by Gasteiger charge is 2.18. The highest BCUT2D eigenvalue weighted by molar-refractivity contribution is 9.11. The molecule has 3 nitrogen and oxygen atoms in total. The summed E-state index contributed by atoms with van der Waals surface area (Å²) < 4.78 is 28.6. The molecular weight excluding hydrogens is 390 g/mol. The maximum atomic E-state index is 12.4. The molecule has 7 heteroatoms. The minimum absolute atomic E-state index is 0.287. The van der Waals surface area contributed by atoms with Crippen LogP contribution in [-0.4, -0.2) is 8.42 Å². The van der Waals surface area contributed by atoms with Crippen molar-refractivity contribution in [2.75, 3.05) is 4.72 Å². The molecule has 3 rings (SSSR count). The Hall–Kier alpha value is -1.15. The van der Waals surface area contributed by atoms with Gasteiger partial charge in [0.1, 0.15) is 4.21 Å². The van der Waals surface area contributed by atoms with Gasteiger partial charge in [-0.1, -0.05) is 24.3 Å². The molecule has 0 unspecified atom stereocenters. The summed E-state index contributed by atoms with van der Waals surface area (Å²) in [7, 11) is -3.56. The Kier molecular flexibility index (Phi) is 4.17. The summed E-state index contributed by atoms with van der Waals surface area (Å²) in [6.45, 7) is 0. The van der Waals surface area contributed by atoms with E-state index in [4.69, 9.17) is 0 Å². The fourth-order valence-corrected chi connectivity index (χ4v) is 5.71. The lowest BCUT2D eigenvalue weighted by atomic mass is 10.1. The summed E-state index contributed by atoms with van der Waals surface area (Å²) in [5.41, 5.74) is 1.47. The number of sulfonamides is 1. The van der Waals surface area contributed by atoms with E-state index in [0.717, 1.165) is 14.2 Å². The van der Waals surface area contributed by atoms with Gasteiger partial charge < -0.3 is 0 Å². The zero-order valence-corrected chi connectivity index (χ0v) is 14.7. The minimum Gasteiger partial charge on any atom is -0.278 e. The van der Waals surface area contributed by atoms with E-state index in [1.807, 2.05) is 35.7 Å². The standard InChI is InChI=1S/C14H10BrNO2S3/c15-13-7-8-14(20-13)21(17,18)16-11-5-2-1-4-10(11)12-6-3-9-19-12/h1-9,16H. The van der Waals surface area contributed by atoms with Crippen molar-refractivity contribution in [1.29, 1.82) is 0 Å². The molecule has 0 aliphatic carbocycles. The van der Waals surface area contributed by atoms with Gasteiger partial charge in [0.15, 0.2) is 0 Å². The SMILES string of the molecule is O=S(=O)(Nc1ccccc1-c1cccs1)c1ccc(Br)s1. The van der Waals surface area contributed by atoms with E-state index in [0.29, 0.717) is 5.69 Å². The number of nitrogens with one attached hydrogen (secondary N) is 1. The molecule has 0 spiro atoms. The Labute approximate surface area is 139 Å². The Morgan fingerprint density at radius 2 is 1.81 bits per heavy atom. The zero-order valence-electron chi connectivity index (χ0n) is 10.6. The summed E-state index contributed by atoms with van der Waals surface area (Å²) in [5.74, 6) is 0. The first-order valence-electron chi connectivity index (χ1n) is 5.97. The molecule has 1 N–H and O–H groups in total. The maximum Gasteiger partial charge on any atom is 0.271 e. The van der Waals surface area contributed by atoms with E-state index in [1.165, 1.54) is 11.3 Å². The molecule has 0 aliphatic rings. The number of halogens is 1. The van der Waals surface area contributed by atoms with Gasteiger partial charge in [-0.3, -0.25) is 4.72 Å². The summed E-state index contributed by atoms with van der Waals surface area (Å²) in [4.78, 5) is 1.03. The van der Waals surface area contributed by atoms with Crippen molar-refractivity contribution in [2.24, 2.45) is 0 Å². The molecule has 2 heterocycles. The number of benzene rings is 1. The molecule has 0 aliphatic heterocycles. The predicted octanol–water partition coefficient (Wildman–Crippen LogP) is 5.04. The van der Waals surface area contributed by atoms with Gasteiger partial charge in [-0.05, 0) is 45.6 Å². The van der Waals surface area contributed by atoms with Gasteiger partial charge in [0.05, 0.1) is 9.47 Å². The summed E-state index contributed by atoms with van der Waals surface area (Å²) in [6, 6.07) is 14.6. The van der Waals surface area contributed by atoms with Gasteiger partial charge in [0.25, 0.3) is 10.0 Å². The second-order valence-corrected chi connectivity index (χ2v) is 9.51. The van der Waals surface area contributed by atoms with Gasteiger partial charge in [-0.25, -0.2) is 8.42 Å². The van der Waals surface area contributed by atoms with Crippen LogP contribution in [0, 0.1) is 0 Å². The zero-order chi connectivity index (χ0) is 14.9. The number of thiophene rings is 2. The number of hydrogen-bond donors (Lipinski definition) is 1. The Bertz CT molecular complexity index is 854. The first-order chi connectivity index (χ1) is 10.1. The first kappa shape index (κ1) is 14.8. The fraction of sp³-hybridized carbons (Fsp3) is 0. The quantitative estimate of drug-likeness (QED) is 0.667. The summed E-state index contributed by atoms with van der Waals surface area (Å²) >= 11 is 6.05. The smallest absolute Gasteiger partial charge is 0.271 e. The van der Waals surface area contributed by atoms with Crippen LogP contribution in [0.5, 0.6) is 0 Å². The van der Waals surface area contributed by atoms with E-state index < -0.39 is 10.0 Å². The predicted molar refractivity (Wildman–Crippen MR) is 92.6 cm³/mol. The molecule has 0 bridgehead atoms. The van der Waals surface area contributed by atoms with Crippen molar-refractivity contribution in [2.45, 2.75) is 4.21 Å². The number of anilines is 1. The highest BCUT2D eigenvalue weighted by atomic mass is 79.9. The van der Waals surface area contributed by atoms with Crippen LogP contribution < -0.4 is 4.72 Å². The van der Waals surface area contributed by atoms with E-state index in [2.05, 4.69) is 20.7 Å². The average Bonchev–Trinajstić information content (AvgIpc) is 3.10. The second kappa shape index (κ2) is 5.92. The van der Waals surface area contributed by atoms with Gasteiger partial charge >= 0.3 is 0 Å². The van der Waals surface area contributed by atoms with Crippen LogP contribution in [0.3, 0.4) is 0 Å². The van der Waals surface area contributed by atoms with Crippen LogP contribution in [0.2, 0.25) is 0 Å². The Morgan fingerprint density at radius 3 is 2.48 bits per heavy atom. The van der Waals surface area contributed by atoms with Crippen LogP contribution in [0.4, 0.5) is 5.69 Å². The Balaban J connectivity index is 1.99. The lowest BCUT2D eigenvalue weighted by molar-refractivity contribution is 0.603. The number of para-hydroxylation sites is 1. The average molecular weight is 400 g/mol. The molecule has 108 valence electrons. The second-order valence-electron chi connectivity index (χ2n) is 4.19. The van der Waals surface area contributed by atoms with E-state index in [9.17, 15) is 8.42 Å². The van der Waals surface area contributed by atoms with Crippen molar-refractivity contribution in [3.05, 3.63) is 57.7 Å². The van der Waals surface area contributed by atoms with Crippen LogP contribution in [0.15, 0.2) is 61.9 Å². The number of hydrogen-bond acceptors (Lipinski definition) is 4. The maximum absolute atomic E-state index is 12.4. The minimum atomic E-state index is -3.56. The normalized spacial score (nSPS) is 11.5. The molecule has 2 aromatic heterocycles. The molecule has 0 radical (unpaired) electrons. The molecule has 0 saturated carbocycles. The molecule has 1 aromatic carbocycles. The molecule has 0 fully saturated rings. The van der Waals surface area contributed by atoms with Gasteiger partial charge in [-0.2, -0.15) is 0 Å². The number of rotatable bonds is 4. The molecule has 0 atom stereocenters. The van der Waals surface area contributed by atoms with Gasteiger partial charge in [-0.15, -0.1) is 22.7 Å². The topological polar surface area (TPSA) is 46.2 Å². The molecule has 0 saturated heterocycles. The Morgan fingerprint density at radius 1 is 1.00 bits per heavy atom. The largest absolute Gasteiger partial charge is 0.278 e. The van der Waals surface area contributed by atoms with Crippen molar-refractivity contribution in [1.82, 2.24) is 0 Å². The van der Waals surface area contributed by atoms with Crippen molar-refractivity contribution in [3.8, 4) is 10.4 Å². The summed E-state index contributed by atoms with van der Waals surface area (Å²) in [6.07, 6.45) is 0. The van der Waals surface area contributed by atoms with Gasteiger partial charge in [0, 0.05) is 10.4 Å². The van der Waals surface area contributed by atoms with E-state index in [-0.39, 0.29) is 4.21 Å². The first-order valence-corrected chi connectivity index (χ1v) is 9.94. The fourth-order valence-electron chi connectivity index (χ4n) is 1.86. The lowest BCUT2D eigenvalue weighted by Gasteiger charge is -2.10. The summed E-state index contributed by atoms with van der Waals surface area (Å²) in [5, 5.41) is 1.97. The van der Waals surface area contributed by atoms with Crippen LogP contribution in [-0.2, 0) is 10.0 Å². The van der Waals surface area contributed by atoms with Crippen molar-refractivity contribution < 1.29 is 8.42 Å². The van der Waals surface area contributed by atoms with Crippen LogP contribution in [0.1, 0.15) is 0 Å². The van der Waals surface area contributed by atoms with Crippen molar-refractivity contribution >= 4 is 54.3 Å². The third kappa shape index (κ3) is 3.21. The van der Waals surface area contributed by atoms with E-state index in [1.54, 1.807) is 29.5 Å². The molecule has 0 amide bonds. The van der Waals surface area contributed by atoms with Gasteiger partial charge in [0.2, 0.25) is 0 Å². The van der Waals surface area contributed by atoms with Crippen LogP contribution >= 0.6 is 38.6 Å². The molecule has 21 heavy (non-hydrogen) atoms. The van der Waals surface area contributed by atoms with E-state index >= 15 is 0 Å². The third-order valence-electron chi connectivity index (χ3n) is 2.77. The monoisotopic (exact) mass is 399 g/mol. The van der Waals surface area contributed by atoms with Crippen LogP contribution in [0.25, 0.3) is 10.4 Å². The highest BCUT2D eigenvalue weighted by Crippen LogP contribution is 2.34. The van der Waals surface area contributed by atoms with Crippen molar-refractivity contribution in [3.63, 3.8) is 0 Å². The lowest BCUT2D eigenvalue weighted by Crippen LogP contribution is -2.12. The molecule has 3 aromatic rings. The third-order valence-corrected chi connectivity index (χ3v) is 7.16.